The molecule has 21 heavy (non-hydrogen) atoms. The molecular weight excluding hydrogens is 264 g/mol. The summed E-state index contributed by atoms with van der Waals surface area (Å²) in [6.45, 7) is 10.2. The smallest absolute Gasteiger partial charge is 0.254 e. The van der Waals surface area contributed by atoms with Crippen molar-refractivity contribution in [2.75, 3.05) is 26.2 Å². The van der Waals surface area contributed by atoms with Crippen LogP contribution in [0.2, 0.25) is 0 Å². The molecule has 5 nitrogen and oxygen atoms in total. The molecule has 1 fully saturated rings. The summed E-state index contributed by atoms with van der Waals surface area (Å²) in [7, 11) is 0. The quantitative estimate of drug-likeness (QED) is 0.902. The van der Waals surface area contributed by atoms with Crippen molar-refractivity contribution in [2.45, 2.75) is 39.5 Å². The lowest BCUT2D eigenvalue weighted by Crippen LogP contribution is -2.40. The number of hydrogen-bond acceptors (Lipinski definition) is 4. The van der Waals surface area contributed by atoms with Crippen molar-refractivity contribution in [3.8, 4) is 0 Å². The topological polar surface area (TPSA) is 58.1 Å². The summed E-state index contributed by atoms with van der Waals surface area (Å²) in [6, 6.07) is 0. The number of amides is 1. The number of nitrogens with zero attached hydrogens (tertiary/aromatic N) is 3. The molecule has 116 valence electrons. The van der Waals surface area contributed by atoms with E-state index >= 15 is 0 Å². The van der Waals surface area contributed by atoms with Crippen LogP contribution in [-0.4, -0.2) is 47.0 Å². The molecule has 1 saturated heterocycles. The first-order valence-corrected chi connectivity index (χ1v) is 7.88. The zero-order valence-electron chi connectivity index (χ0n) is 13.3. The maximum Gasteiger partial charge on any atom is 0.254 e. The van der Waals surface area contributed by atoms with Gasteiger partial charge < -0.3 is 10.2 Å². The van der Waals surface area contributed by atoms with Gasteiger partial charge in [0.15, 0.2) is 0 Å². The van der Waals surface area contributed by atoms with Crippen LogP contribution in [0, 0.1) is 5.92 Å². The fourth-order valence-electron chi connectivity index (χ4n) is 2.89. The van der Waals surface area contributed by atoms with Gasteiger partial charge in [0.05, 0.1) is 11.3 Å². The van der Waals surface area contributed by atoms with Crippen molar-refractivity contribution < 1.29 is 4.79 Å². The third-order valence-electron chi connectivity index (χ3n) is 3.99. The molecule has 0 aromatic carbocycles. The van der Waals surface area contributed by atoms with Gasteiger partial charge in [-0.15, -0.1) is 0 Å². The molecule has 1 aliphatic rings. The van der Waals surface area contributed by atoms with Gasteiger partial charge in [-0.3, -0.25) is 4.79 Å². The van der Waals surface area contributed by atoms with E-state index in [9.17, 15) is 4.79 Å². The summed E-state index contributed by atoms with van der Waals surface area (Å²) in [5.74, 6) is 0.922. The fourth-order valence-corrected chi connectivity index (χ4v) is 2.89. The highest BCUT2D eigenvalue weighted by Gasteiger charge is 2.17. The van der Waals surface area contributed by atoms with E-state index < -0.39 is 0 Å². The summed E-state index contributed by atoms with van der Waals surface area (Å²) in [4.78, 5) is 22.9. The first kappa shape index (κ1) is 15.9. The first-order chi connectivity index (χ1) is 10.1. The van der Waals surface area contributed by atoms with Gasteiger partial charge in [-0.05, 0) is 31.2 Å². The van der Waals surface area contributed by atoms with Crippen LogP contribution in [0.25, 0.3) is 0 Å². The van der Waals surface area contributed by atoms with Crippen molar-refractivity contribution in [3.05, 3.63) is 23.8 Å². The first-order valence-electron chi connectivity index (χ1n) is 7.88. The van der Waals surface area contributed by atoms with Gasteiger partial charge in [0, 0.05) is 25.8 Å². The number of hydrogen-bond donors (Lipinski definition) is 1. The molecule has 0 bridgehead atoms. The number of piperidine rings is 1. The summed E-state index contributed by atoms with van der Waals surface area (Å²) >= 11 is 0. The van der Waals surface area contributed by atoms with Crippen LogP contribution < -0.4 is 5.32 Å². The Labute approximate surface area is 127 Å². The number of carbonyl (C=O) groups excluding carboxylic acids is 1. The molecule has 1 N–H and O–H groups in total. The van der Waals surface area contributed by atoms with E-state index in [0.717, 1.165) is 31.2 Å². The average Bonchev–Trinajstić information content (AvgIpc) is 2.47. The van der Waals surface area contributed by atoms with Crippen LogP contribution in [0.1, 0.15) is 55.6 Å². The Balaban J connectivity index is 1.85. The number of rotatable bonds is 5. The molecule has 5 heteroatoms. The molecular formula is C16H26N4O. The highest BCUT2D eigenvalue weighted by Crippen LogP contribution is 2.16. The third-order valence-corrected chi connectivity index (χ3v) is 3.99. The minimum atomic E-state index is -0.0654. The molecule has 0 unspecified atom stereocenters. The second-order valence-corrected chi connectivity index (χ2v) is 6.28. The van der Waals surface area contributed by atoms with Crippen LogP contribution >= 0.6 is 0 Å². The van der Waals surface area contributed by atoms with Crippen LogP contribution in [-0.2, 0) is 0 Å². The van der Waals surface area contributed by atoms with Crippen molar-refractivity contribution >= 4 is 5.91 Å². The summed E-state index contributed by atoms with van der Waals surface area (Å²) in [5, 5.41) is 3.00. The molecule has 1 amide bonds. The highest BCUT2D eigenvalue weighted by atomic mass is 16.1. The average molecular weight is 290 g/mol. The predicted molar refractivity (Wildman–Crippen MR) is 83.3 cm³/mol. The Bertz CT molecular complexity index is 475. The lowest BCUT2D eigenvalue weighted by molar-refractivity contribution is 0.0941. The maximum atomic E-state index is 12.3. The minimum Gasteiger partial charge on any atom is -0.351 e. The van der Waals surface area contributed by atoms with Crippen molar-refractivity contribution in [2.24, 2.45) is 5.92 Å². The lowest BCUT2D eigenvalue weighted by atomic mass is 10.0. The molecule has 0 saturated carbocycles. The molecule has 1 atom stereocenters. The Morgan fingerprint density at radius 2 is 2.33 bits per heavy atom. The Kier molecular flexibility index (Phi) is 5.67. The Morgan fingerprint density at radius 3 is 3.05 bits per heavy atom. The van der Waals surface area contributed by atoms with E-state index in [2.05, 4.69) is 27.1 Å². The molecule has 1 aromatic rings. The van der Waals surface area contributed by atoms with Gasteiger partial charge in [-0.25, -0.2) is 9.97 Å². The van der Waals surface area contributed by atoms with Crippen LogP contribution in [0.15, 0.2) is 12.5 Å². The standard InChI is InChI=1S/C16H26N4O/c1-12(2)15-14(9-17-11-19-15)16(21)18-6-8-20-7-4-5-13(3)10-20/h9,11-13H,4-8,10H2,1-3H3,(H,18,21)/t13-/m0/s1. The van der Waals surface area contributed by atoms with E-state index in [-0.39, 0.29) is 11.8 Å². The molecule has 0 aliphatic carbocycles. The predicted octanol–water partition coefficient (Wildman–Crippen LogP) is 2.06. The SMILES string of the molecule is CC(C)c1ncncc1C(=O)NCCN1CCC[C@H](C)C1. The van der Waals surface area contributed by atoms with Crippen molar-refractivity contribution in [3.63, 3.8) is 0 Å². The zero-order valence-corrected chi connectivity index (χ0v) is 13.3. The van der Waals surface area contributed by atoms with Gasteiger partial charge in [0.25, 0.3) is 5.91 Å². The van der Waals surface area contributed by atoms with Crippen LogP contribution in [0.5, 0.6) is 0 Å². The highest BCUT2D eigenvalue weighted by molar-refractivity contribution is 5.95. The number of nitrogens with one attached hydrogen (secondary N) is 1. The molecule has 2 rings (SSSR count). The number of carbonyl (C=O) groups is 1. The van der Waals surface area contributed by atoms with Gasteiger partial charge in [-0.1, -0.05) is 20.8 Å². The van der Waals surface area contributed by atoms with E-state index in [1.807, 2.05) is 13.8 Å². The van der Waals surface area contributed by atoms with Gasteiger partial charge in [0.2, 0.25) is 0 Å². The Hall–Kier alpha value is -1.49. The van der Waals surface area contributed by atoms with Crippen molar-refractivity contribution in [1.82, 2.24) is 20.2 Å². The Morgan fingerprint density at radius 1 is 1.52 bits per heavy atom. The van der Waals surface area contributed by atoms with Gasteiger partial charge >= 0.3 is 0 Å². The fraction of sp³-hybridized carbons (Fsp3) is 0.688. The van der Waals surface area contributed by atoms with Crippen molar-refractivity contribution in [1.29, 1.82) is 0 Å². The molecule has 0 spiro atoms. The van der Waals surface area contributed by atoms with Crippen LogP contribution in [0.3, 0.4) is 0 Å². The lowest BCUT2D eigenvalue weighted by Gasteiger charge is -2.30. The zero-order chi connectivity index (χ0) is 15.2. The largest absolute Gasteiger partial charge is 0.351 e. The van der Waals surface area contributed by atoms with Crippen LogP contribution in [0.4, 0.5) is 0 Å². The molecule has 2 heterocycles. The minimum absolute atomic E-state index is 0.0654. The van der Waals surface area contributed by atoms with Gasteiger partial charge in [0.1, 0.15) is 6.33 Å². The van der Waals surface area contributed by atoms with E-state index in [1.165, 1.54) is 19.2 Å². The monoisotopic (exact) mass is 290 g/mol. The second kappa shape index (κ2) is 7.50. The van der Waals surface area contributed by atoms with Gasteiger partial charge in [-0.2, -0.15) is 0 Å². The van der Waals surface area contributed by atoms with E-state index in [0.29, 0.717) is 12.1 Å². The third kappa shape index (κ3) is 4.49. The van der Waals surface area contributed by atoms with E-state index in [1.54, 1.807) is 6.20 Å². The summed E-state index contributed by atoms with van der Waals surface area (Å²) in [6.07, 6.45) is 5.70. The number of likely N-dealkylation sites (tertiary alicyclic amines) is 1. The van der Waals surface area contributed by atoms with E-state index in [4.69, 9.17) is 0 Å². The number of aromatic nitrogens is 2. The molecule has 1 aliphatic heterocycles. The second-order valence-electron chi connectivity index (χ2n) is 6.28. The molecule has 1 aromatic heterocycles. The summed E-state index contributed by atoms with van der Waals surface area (Å²) < 4.78 is 0. The maximum absolute atomic E-state index is 12.3. The molecule has 0 radical (unpaired) electrons. The normalized spacial score (nSPS) is 19.7. The summed E-state index contributed by atoms with van der Waals surface area (Å²) in [5.41, 5.74) is 1.41.